The lowest BCUT2D eigenvalue weighted by Gasteiger charge is -2.24. The maximum atomic E-state index is 12.8. The largest absolute Gasteiger partial charge is 0.461 e. The van der Waals surface area contributed by atoms with Crippen molar-refractivity contribution in [1.29, 1.82) is 0 Å². The Kier molecular flexibility index (Phi) is 31.7. The minimum atomic E-state index is -0.999. The minimum Gasteiger partial charge on any atom is -0.461 e. The Bertz CT molecular complexity index is 1310. The zero-order chi connectivity index (χ0) is 45.0. The van der Waals surface area contributed by atoms with E-state index in [2.05, 4.69) is 10.6 Å². The zero-order valence-electron chi connectivity index (χ0n) is 38.5. The van der Waals surface area contributed by atoms with Gasteiger partial charge in [-0.1, -0.05) is 94.5 Å². The van der Waals surface area contributed by atoms with E-state index < -0.39 is 35.1 Å². The fourth-order valence-corrected chi connectivity index (χ4v) is 5.95. The van der Waals surface area contributed by atoms with Gasteiger partial charge in [0.2, 0.25) is 11.8 Å². The molecule has 2 amide bonds. The van der Waals surface area contributed by atoms with Gasteiger partial charge in [0.05, 0.1) is 52.9 Å². The van der Waals surface area contributed by atoms with Crippen LogP contribution in [0.4, 0.5) is 0 Å². The molecule has 1 unspecified atom stereocenters. The summed E-state index contributed by atoms with van der Waals surface area (Å²) in [5.41, 5.74) is -0.298. The van der Waals surface area contributed by atoms with E-state index in [-0.39, 0.29) is 51.0 Å². The Balaban J connectivity index is 1.92. The molecular weight excluding hydrogens is 785 g/mol. The zero-order valence-corrected chi connectivity index (χ0v) is 38.5. The number of rotatable bonds is 37. The minimum absolute atomic E-state index is 0.0237. The standard InChI is InChI=1S/C47H80N2O12/c1-46(2,3)60-44(53)25-21-16-14-12-10-8-7-9-11-13-15-20-24-41(50)48-29-31-56-33-35-58-37-36-57-34-32-55-30-28-42(51)49-40(45(54)61-47(4,5)6)26-27-43(52)59-38-39-22-18-17-19-23-39/h17-19,22-23,40H,7-16,20-21,24-38H2,1-6H3,(H,48,50)(H,49,51). The Morgan fingerprint density at radius 1 is 0.508 bits per heavy atom. The number of benzene rings is 1. The molecule has 0 aliphatic rings. The van der Waals surface area contributed by atoms with Crippen molar-refractivity contribution < 1.29 is 57.1 Å². The predicted octanol–water partition coefficient (Wildman–Crippen LogP) is 7.71. The molecule has 0 aliphatic heterocycles. The molecule has 0 saturated heterocycles. The van der Waals surface area contributed by atoms with E-state index in [0.717, 1.165) is 31.2 Å². The molecule has 0 aliphatic carbocycles. The molecule has 1 aromatic rings. The van der Waals surface area contributed by atoms with Crippen molar-refractivity contribution in [3.63, 3.8) is 0 Å². The van der Waals surface area contributed by atoms with Gasteiger partial charge in [0, 0.05) is 32.2 Å². The van der Waals surface area contributed by atoms with E-state index in [1.54, 1.807) is 20.8 Å². The van der Waals surface area contributed by atoms with Crippen LogP contribution in [0, 0.1) is 0 Å². The second kappa shape index (κ2) is 34.9. The van der Waals surface area contributed by atoms with Crippen LogP contribution in [-0.4, -0.2) is 106 Å². The highest BCUT2D eigenvalue weighted by Gasteiger charge is 2.27. The van der Waals surface area contributed by atoms with Crippen molar-refractivity contribution in [2.75, 3.05) is 59.4 Å². The first kappa shape index (κ1) is 55.4. The van der Waals surface area contributed by atoms with Crippen LogP contribution >= 0.6 is 0 Å². The van der Waals surface area contributed by atoms with Gasteiger partial charge in [-0.3, -0.25) is 19.2 Å². The summed E-state index contributed by atoms with van der Waals surface area (Å²) in [7, 11) is 0. The Hall–Kier alpha value is -3.59. The summed E-state index contributed by atoms with van der Waals surface area (Å²) < 4.78 is 38.1. The number of hydrogen-bond acceptors (Lipinski definition) is 12. The normalized spacial score (nSPS) is 12.1. The van der Waals surface area contributed by atoms with Crippen LogP contribution in [0.5, 0.6) is 0 Å². The van der Waals surface area contributed by atoms with Crippen LogP contribution in [-0.2, 0) is 63.7 Å². The molecule has 61 heavy (non-hydrogen) atoms. The third kappa shape index (κ3) is 36.8. The summed E-state index contributed by atoms with van der Waals surface area (Å²) in [6.45, 7) is 14.3. The van der Waals surface area contributed by atoms with E-state index in [0.29, 0.717) is 59.0 Å². The molecule has 0 aromatic heterocycles. The maximum Gasteiger partial charge on any atom is 0.329 e. The van der Waals surface area contributed by atoms with E-state index in [9.17, 15) is 24.0 Å². The molecule has 0 bridgehead atoms. The smallest absolute Gasteiger partial charge is 0.329 e. The van der Waals surface area contributed by atoms with Gasteiger partial charge < -0.3 is 43.8 Å². The average Bonchev–Trinajstić information content (AvgIpc) is 3.19. The lowest BCUT2D eigenvalue weighted by Crippen LogP contribution is -2.44. The third-order valence-corrected chi connectivity index (χ3v) is 9.02. The van der Waals surface area contributed by atoms with E-state index in [1.165, 1.54) is 51.4 Å². The molecule has 1 atom stereocenters. The second-order valence-electron chi connectivity index (χ2n) is 17.2. The number of hydrogen-bond donors (Lipinski definition) is 2. The monoisotopic (exact) mass is 865 g/mol. The summed E-state index contributed by atoms with van der Waals surface area (Å²) in [5, 5.41) is 5.57. The number of unbranched alkanes of at least 4 members (excludes halogenated alkanes) is 11. The van der Waals surface area contributed by atoms with Crippen LogP contribution in [0.3, 0.4) is 0 Å². The summed E-state index contributed by atoms with van der Waals surface area (Å²) in [5.74, 6) is -1.52. The van der Waals surface area contributed by atoms with Gasteiger partial charge in [0.25, 0.3) is 0 Å². The van der Waals surface area contributed by atoms with E-state index in [1.807, 2.05) is 51.1 Å². The van der Waals surface area contributed by atoms with Crippen LogP contribution in [0.2, 0.25) is 0 Å². The van der Waals surface area contributed by atoms with Crippen molar-refractivity contribution in [2.45, 2.75) is 175 Å². The molecule has 1 rings (SSSR count). The first-order valence-electron chi connectivity index (χ1n) is 22.7. The fourth-order valence-electron chi connectivity index (χ4n) is 5.95. The molecular formula is C47H80N2O12. The SMILES string of the molecule is CC(C)(C)OC(=O)CCCCCCCCCCCCCCC(=O)NCCOCCOCCOCCOCCC(=O)NC(CCC(=O)OCc1ccccc1)C(=O)OC(C)(C)C. The van der Waals surface area contributed by atoms with Crippen molar-refractivity contribution >= 4 is 29.7 Å². The number of carbonyl (C=O) groups excluding carboxylic acids is 5. The Labute approximate surface area is 366 Å². The Morgan fingerprint density at radius 2 is 0.984 bits per heavy atom. The maximum absolute atomic E-state index is 12.8. The quantitative estimate of drug-likeness (QED) is 0.0380. The summed E-state index contributed by atoms with van der Waals surface area (Å²) in [4.78, 5) is 61.5. The third-order valence-electron chi connectivity index (χ3n) is 9.02. The highest BCUT2D eigenvalue weighted by molar-refractivity contribution is 5.85. The second-order valence-corrected chi connectivity index (χ2v) is 17.2. The summed E-state index contributed by atoms with van der Waals surface area (Å²) in [6, 6.07) is 8.28. The molecule has 2 N–H and O–H groups in total. The lowest BCUT2D eigenvalue weighted by atomic mass is 10.0. The van der Waals surface area contributed by atoms with Crippen molar-refractivity contribution in [3.8, 4) is 0 Å². The highest BCUT2D eigenvalue weighted by Crippen LogP contribution is 2.15. The number of esters is 3. The number of ether oxygens (including phenoxy) is 7. The fraction of sp³-hybridized carbons (Fsp3) is 0.766. The summed E-state index contributed by atoms with van der Waals surface area (Å²) >= 11 is 0. The number of carbonyl (C=O) groups is 5. The molecule has 0 heterocycles. The molecule has 14 nitrogen and oxygen atoms in total. The molecule has 0 saturated carbocycles. The lowest BCUT2D eigenvalue weighted by molar-refractivity contribution is -0.159. The van der Waals surface area contributed by atoms with Gasteiger partial charge >= 0.3 is 17.9 Å². The van der Waals surface area contributed by atoms with Gasteiger partial charge in [-0.15, -0.1) is 0 Å². The number of amides is 2. The summed E-state index contributed by atoms with van der Waals surface area (Å²) in [6.07, 6.45) is 14.9. The van der Waals surface area contributed by atoms with Gasteiger partial charge in [0.15, 0.2) is 0 Å². The Morgan fingerprint density at radius 3 is 1.51 bits per heavy atom. The molecule has 0 fully saturated rings. The van der Waals surface area contributed by atoms with Gasteiger partial charge in [-0.25, -0.2) is 4.79 Å². The predicted molar refractivity (Wildman–Crippen MR) is 235 cm³/mol. The van der Waals surface area contributed by atoms with Crippen molar-refractivity contribution in [2.24, 2.45) is 0 Å². The van der Waals surface area contributed by atoms with Crippen molar-refractivity contribution in [1.82, 2.24) is 10.6 Å². The molecule has 0 radical (unpaired) electrons. The van der Waals surface area contributed by atoms with Crippen LogP contribution in [0.1, 0.15) is 156 Å². The van der Waals surface area contributed by atoms with Gasteiger partial charge in [-0.05, 0) is 66.4 Å². The highest BCUT2D eigenvalue weighted by atomic mass is 16.6. The van der Waals surface area contributed by atoms with E-state index >= 15 is 0 Å². The van der Waals surface area contributed by atoms with Crippen molar-refractivity contribution in [3.05, 3.63) is 35.9 Å². The molecule has 350 valence electrons. The van der Waals surface area contributed by atoms with Gasteiger partial charge in [-0.2, -0.15) is 0 Å². The molecule has 0 spiro atoms. The first-order valence-corrected chi connectivity index (χ1v) is 22.7. The van der Waals surface area contributed by atoms with Crippen LogP contribution < -0.4 is 10.6 Å². The molecule has 1 aromatic carbocycles. The average molecular weight is 865 g/mol. The van der Waals surface area contributed by atoms with E-state index in [4.69, 9.17) is 33.2 Å². The molecule has 14 heteroatoms. The first-order chi connectivity index (χ1) is 29.1. The van der Waals surface area contributed by atoms with Crippen LogP contribution in [0.15, 0.2) is 30.3 Å². The topological polar surface area (TPSA) is 174 Å². The number of nitrogens with one attached hydrogen (secondary N) is 2. The van der Waals surface area contributed by atoms with Gasteiger partial charge in [0.1, 0.15) is 23.9 Å². The van der Waals surface area contributed by atoms with Crippen LogP contribution in [0.25, 0.3) is 0 Å².